The predicted molar refractivity (Wildman–Crippen MR) is 40.6 cm³/mol. The number of carbonyl (C=O) groups excluding carboxylic acids is 1. The molecule has 0 aliphatic carbocycles. The fourth-order valence-electron chi connectivity index (χ4n) is 1.57. The second-order valence-corrected chi connectivity index (χ2v) is 2.87. The van der Waals surface area contributed by atoms with Crippen LogP contribution in [0.5, 0.6) is 0 Å². The highest BCUT2D eigenvalue weighted by atomic mass is 16.2. The van der Waals surface area contributed by atoms with Gasteiger partial charge < -0.3 is 4.90 Å². The topological polar surface area (TPSA) is 44.1 Å². The van der Waals surface area contributed by atoms with Crippen LogP contribution in [0.15, 0.2) is 0 Å². The molecule has 60 valence electrons. The maximum Gasteiger partial charge on any atom is 0.219 e. The summed E-state index contributed by atoms with van der Waals surface area (Å²) in [6.07, 6.45) is 2.53. The van der Waals surface area contributed by atoms with E-state index in [1.54, 1.807) is 11.8 Å². The van der Waals surface area contributed by atoms with Crippen molar-refractivity contribution in [3.05, 3.63) is 0 Å². The standard InChI is InChI=1S/C8H12N2O/c1-7(11)10-6-2-3-8(10)4-5-9/h8H,2-4,6H2,1H3/t8-/m1/s1. The molecule has 0 saturated carbocycles. The SMILES string of the molecule is CC(=O)N1CCC[C@@H]1CC#N. The van der Waals surface area contributed by atoms with Crippen molar-refractivity contribution >= 4 is 5.91 Å². The first-order chi connectivity index (χ1) is 5.25. The van der Waals surface area contributed by atoms with Gasteiger partial charge >= 0.3 is 0 Å². The van der Waals surface area contributed by atoms with Crippen molar-refractivity contribution in [2.45, 2.75) is 32.2 Å². The van der Waals surface area contributed by atoms with Crippen LogP contribution in [0.1, 0.15) is 26.2 Å². The highest BCUT2D eigenvalue weighted by Crippen LogP contribution is 2.19. The molecule has 0 radical (unpaired) electrons. The molecule has 3 heteroatoms. The molecular formula is C8H12N2O. The second-order valence-electron chi connectivity index (χ2n) is 2.87. The average molecular weight is 152 g/mol. The first-order valence-corrected chi connectivity index (χ1v) is 3.90. The van der Waals surface area contributed by atoms with E-state index >= 15 is 0 Å². The summed E-state index contributed by atoms with van der Waals surface area (Å²) in [5.74, 6) is 0.0998. The van der Waals surface area contributed by atoms with Crippen LogP contribution in [-0.2, 0) is 4.79 Å². The molecule has 0 aromatic heterocycles. The van der Waals surface area contributed by atoms with Crippen molar-refractivity contribution in [1.82, 2.24) is 4.90 Å². The van der Waals surface area contributed by atoms with Crippen molar-refractivity contribution in [2.24, 2.45) is 0 Å². The molecule has 1 saturated heterocycles. The summed E-state index contributed by atoms with van der Waals surface area (Å²) in [5.41, 5.74) is 0. The van der Waals surface area contributed by atoms with Gasteiger partial charge in [-0.3, -0.25) is 4.79 Å². The van der Waals surface area contributed by atoms with Gasteiger partial charge in [0.25, 0.3) is 0 Å². The minimum Gasteiger partial charge on any atom is -0.339 e. The molecular weight excluding hydrogens is 140 g/mol. The third-order valence-electron chi connectivity index (χ3n) is 2.11. The van der Waals surface area contributed by atoms with Crippen molar-refractivity contribution in [3.63, 3.8) is 0 Å². The van der Waals surface area contributed by atoms with Gasteiger partial charge in [-0.25, -0.2) is 0 Å². The highest BCUT2D eigenvalue weighted by Gasteiger charge is 2.25. The Balaban J connectivity index is 2.52. The van der Waals surface area contributed by atoms with Gasteiger partial charge in [0.05, 0.1) is 12.5 Å². The zero-order valence-electron chi connectivity index (χ0n) is 6.71. The smallest absolute Gasteiger partial charge is 0.219 e. The normalized spacial score (nSPS) is 23.3. The van der Waals surface area contributed by atoms with Crippen molar-refractivity contribution in [1.29, 1.82) is 5.26 Å². The van der Waals surface area contributed by atoms with Crippen LogP contribution in [0.3, 0.4) is 0 Å². The molecule has 3 nitrogen and oxygen atoms in total. The van der Waals surface area contributed by atoms with Gasteiger partial charge in [-0.1, -0.05) is 0 Å². The molecule has 0 aromatic rings. The van der Waals surface area contributed by atoms with E-state index in [-0.39, 0.29) is 11.9 Å². The number of hydrogen-bond donors (Lipinski definition) is 0. The number of carbonyl (C=O) groups is 1. The molecule has 0 aromatic carbocycles. The van der Waals surface area contributed by atoms with Gasteiger partial charge in [0, 0.05) is 19.5 Å². The van der Waals surface area contributed by atoms with E-state index in [1.807, 2.05) is 0 Å². The van der Waals surface area contributed by atoms with Gasteiger partial charge in [0.15, 0.2) is 0 Å². The molecule has 1 aliphatic heterocycles. The van der Waals surface area contributed by atoms with Crippen LogP contribution in [0.4, 0.5) is 0 Å². The van der Waals surface area contributed by atoms with E-state index in [9.17, 15) is 4.79 Å². The van der Waals surface area contributed by atoms with E-state index in [4.69, 9.17) is 5.26 Å². The Hall–Kier alpha value is -1.04. The molecule has 0 unspecified atom stereocenters. The molecule has 1 aliphatic rings. The Morgan fingerprint density at radius 3 is 3.09 bits per heavy atom. The molecule has 1 amide bonds. The van der Waals surface area contributed by atoms with Crippen LogP contribution in [0.25, 0.3) is 0 Å². The molecule has 1 heterocycles. The highest BCUT2D eigenvalue weighted by molar-refractivity contribution is 5.73. The van der Waals surface area contributed by atoms with E-state index in [1.165, 1.54) is 0 Å². The summed E-state index contributed by atoms with van der Waals surface area (Å²) in [7, 11) is 0. The number of amides is 1. The van der Waals surface area contributed by atoms with Crippen molar-refractivity contribution < 1.29 is 4.79 Å². The molecule has 0 N–H and O–H groups in total. The average Bonchev–Trinajstić information content (AvgIpc) is 2.36. The van der Waals surface area contributed by atoms with E-state index in [0.717, 1.165) is 19.4 Å². The van der Waals surface area contributed by atoms with Gasteiger partial charge in [0.1, 0.15) is 0 Å². The predicted octanol–water partition coefficient (Wildman–Crippen LogP) is 0.911. The van der Waals surface area contributed by atoms with Crippen LogP contribution in [-0.4, -0.2) is 23.4 Å². The lowest BCUT2D eigenvalue weighted by molar-refractivity contribution is -0.129. The molecule has 0 spiro atoms. The largest absolute Gasteiger partial charge is 0.339 e. The number of hydrogen-bond acceptors (Lipinski definition) is 2. The van der Waals surface area contributed by atoms with Crippen LogP contribution < -0.4 is 0 Å². The van der Waals surface area contributed by atoms with Crippen molar-refractivity contribution in [3.8, 4) is 6.07 Å². The van der Waals surface area contributed by atoms with Crippen LogP contribution >= 0.6 is 0 Å². The summed E-state index contributed by atoms with van der Waals surface area (Å²) >= 11 is 0. The Kier molecular flexibility index (Phi) is 2.48. The maximum atomic E-state index is 10.9. The first kappa shape index (κ1) is 8.06. The Labute approximate surface area is 66.6 Å². The Morgan fingerprint density at radius 1 is 1.82 bits per heavy atom. The van der Waals surface area contributed by atoms with Crippen LogP contribution in [0.2, 0.25) is 0 Å². The molecule has 1 rings (SSSR count). The lowest BCUT2D eigenvalue weighted by Crippen LogP contribution is -2.33. The quantitative estimate of drug-likeness (QED) is 0.560. The third-order valence-corrected chi connectivity index (χ3v) is 2.11. The third kappa shape index (κ3) is 1.70. The number of likely N-dealkylation sites (tertiary alicyclic amines) is 1. The molecule has 1 atom stereocenters. The summed E-state index contributed by atoms with van der Waals surface area (Å²) in [4.78, 5) is 12.7. The fraction of sp³-hybridized carbons (Fsp3) is 0.750. The van der Waals surface area contributed by atoms with Gasteiger partial charge in [-0.05, 0) is 12.8 Å². The number of rotatable bonds is 1. The summed E-state index contributed by atoms with van der Waals surface area (Å²) in [6.45, 7) is 2.40. The summed E-state index contributed by atoms with van der Waals surface area (Å²) < 4.78 is 0. The fourth-order valence-corrected chi connectivity index (χ4v) is 1.57. The lowest BCUT2D eigenvalue weighted by atomic mass is 10.2. The Bertz CT molecular complexity index is 195. The molecule has 11 heavy (non-hydrogen) atoms. The number of nitriles is 1. The number of nitrogens with zero attached hydrogens (tertiary/aromatic N) is 2. The maximum absolute atomic E-state index is 10.9. The Morgan fingerprint density at radius 2 is 2.55 bits per heavy atom. The summed E-state index contributed by atoms with van der Waals surface area (Å²) in [5, 5.41) is 8.44. The van der Waals surface area contributed by atoms with Gasteiger partial charge in [-0.2, -0.15) is 5.26 Å². The van der Waals surface area contributed by atoms with E-state index in [2.05, 4.69) is 6.07 Å². The lowest BCUT2D eigenvalue weighted by Gasteiger charge is -2.20. The zero-order valence-corrected chi connectivity index (χ0v) is 6.71. The molecule has 1 fully saturated rings. The van der Waals surface area contributed by atoms with E-state index in [0.29, 0.717) is 6.42 Å². The van der Waals surface area contributed by atoms with Gasteiger partial charge in [-0.15, -0.1) is 0 Å². The second kappa shape index (κ2) is 3.38. The van der Waals surface area contributed by atoms with Gasteiger partial charge in [0.2, 0.25) is 5.91 Å². The van der Waals surface area contributed by atoms with Crippen LogP contribution in [0, 0.1) is 11.3 Å². The minimum atomic E-state index is 0.0998. The summed E-state index contributed by atoms with van der Waals surface area (Å²) in [6, 6.07) is 2.29. The van der Waals surface area contributed by atoms with E-state index < -0.39 is 0 Å². The molecule has 0 bridgehead atoms. The first-order valence-electron chi connectivity index (χ1n) is 3.90. The monoisotopic (exact) mass is 152 g/mol. The minimum absolute atomic E-state index is 0.0998. The zero-order chi connectivity index (χ0) is 8.27. The van der Waals surface area contributed by atoms with Crippen molar-refractivity contribution in [2.75, 3.05) is 6.54 Å².